The van der Waals surface area contributed by atoms with Gasteiger partial charge in [0.25, 0.3) is 5.69 Å². The van der Waals surface area contributed by atoms with Crippen LogP contribution >= 0.6 is 12.2 Å². The highest BCUT2D eigenvalue weighted by atomic mass is 32.1. The monoisotopic (exact) mass is 337 g/mol. The van der Waals surface area contributed by atoms with Crippen LogP contribution in [0.2, 0.25) is 0 Å². The molecule has 0 unspecified atom stereocenters. The Kier molecular flexibility index (Phi) is 4.19. The van der Waals surface area contributed by atoms with Crippen LogP contribution in [-0.2, 0) is 0 Å². The van der Waals surface area contributed by atoms with Gasteiger partial charge >= 0.3 is 5.69 Å². The second kappa shape index (κ2) is 5.80. The summed E-state index contributed by atoms with van der Waals surface area (Å²) in [4.78, 5) is 20.6. The number of anilines is 1. The molecule has 1 heterocycles. The Morgan fingerprint density at radius 1 is 1.26 bits per heavy atom. The number of rotatable bonds is 4. The number of hydrazine groups is 1. The van der Waals surface area contributed by atoms with E-state index in [0.717, 1.165) is 11.8 Å². The molecule has 0 aromatic heterocycles. The Morgan fingerprint density at radius 3 is 2.43 bits per heavy atom. The zero-order valence-electron chi connectivity index (χ0n) is 12.7. The Bertz CT molecular complexity index is 731. The van der Waals surface area contributed by atoms with Crippen LogP contribution in [0.25, 0.3) is 0 Å². The topological polar surface area (TPSA) is 114 Å². The third-order valence-corrected chi connectivity index (χ3v) is 3.46. The second-order valence-corrected chi connectivity index (χ2v) is 5.99. The van der Waals surface area contributed by atoms with Crippen LogP contribution in [0, 0.1) is 20.2 Å². The molecular weight excluding hydrogens is 322 g/mol. The van der Waals surface area contributed by atoms with Gasteiger partial charge < -0.3 is 5.32 Å². The van der Waals surface area contributed by atoms with E-state index in [1.165, 1.54) is 17.1 Å². The highest BCUT2D eigenvalue weighted by Crippen LogP contribution is 2.30. The van der Waals surface area contributed by atoms with Gasteiger partial charge in [-0.05, 0) is 45.1 Å². The van der Waals surface area contributed by atoms with Gasteiger partial charge in [0, 0.05) is 11.8 Å². The van der Waals surface area contributed by atoms with Crippen LogP contribution in [0.1, 0.15) is 20.8 Å². The van der Waals surface area contributed by atoms with Crippen molar-refractivity contribution in [2.75, 3.05) is 5.43 Å². The molecule has 0 amide bonds. The van der Waals surface area contributed by atoms with Crippen molar-refractivity contribution in [3.05, 3.63) is 50.2 Å². The van der Waals surface area contributed by atoms with Crippen molar-refractivity contribution in [2.45, 2.75) is 26.3 Å². The van der Waals surface area contributed by atoms with Crippen molar-refractivity contribution in [3.8, 4) is 0 Å². The first kappa shape index (κ1) is 16.6. The quantitative estimate of drug-likeness (QED) is 0.490. The van der Waals surface area contributed by atoms with E-state index in [2.05, 4.69) is 10.7 Å². The van der Waals surface area contributed by atoms with E-state index in [1.54, 1.807) is 6.92 Å². The summed E-state index contributed by atoms with van der Waals surface area (Å²) in [5, 5.41) is 26.8. The summed E-state index contributed by atoms with van der Waals surface area (Å²) in [7, 11) is 0. The molecule has 1 aliphatic rings. The van der Waals surface area contributed by atoms with E-state index in [9.17, 15) is 20.2 Å². The maximum atomic E-state index is 11.2. The molecule has 0 spiro atoms. The molecule has 0 bridgehead atoms. The predicted molar refractivity (Wildman–Crippen MR) is 88.8 cm³/mol. The average molecular weight is 337 g/mol. The number of nitro benzene ring substituents is 2. The lowest BCUT2D eigenvalue weighted by Crippen LogP contribution is -2.54. The molecule has 2 N–H and O–H groups in total. The molecule has 0 aliphatic carbocycles. The summed E-state index contributed by atoms with van der Waals surface area (Å²) in [5.41, 5.74) is 2.61. The fraction of sp³-hybridized carbons (Fsp3) is 0.308. The molecule has 0 radical (unpaired) electrons. The third-order valence-electron chi connectivity index (χ3n) is 3.18. The van der Waals surface area contributed by atoms with Gasteiger partial charge in [-0.2, -0.15) is 0 Å². The minimum atomic E-state index is -0.683. The van der Waals surface area contributed by atoms with Crippen LogP contribution in [0.4, 0.5) is 17.1 Å². The Hall–Kier alpha value is -2.75. The van der Waals surface area contributed by atoms with E-state index in [1.807, 2.05) is 19.9 Å². The normalized spacial score (nSPS) is 16.4. The molecule has 0 saturated carbocycles. The predicted octanol–water partition coefficient (Wildman–Crippen LogP) is 2.70. The standard InChI is InChI=1S/C13H15N5O4S/c1-8-7-13(2,3)14-12(23)16(8)15-10-5-4-9(17(19)20)6-11(10)18(21)22/h4-7,15H,1-3H3,(H,14,23). The molecular formula is C13H15N5O4S. The molecule has 23 heavy (non-hydrogen) atoms. The Morgan fingerprint density at radius 2 is 1.91 bits per heavy atom. The SMILES string of the molecule is CC1=CC(C)(C)NC(=S)N1Nc1ccc([N+](=O)[O-])cc1[N+](=O)[O-]. The molecule has 122 valence electrons. The van der Waals surface area contributed by atoms with Gasteiger partial charge in [-0.3, -0.25) is 25.7 Å². The summed E-state index contributed by atoms with van der Waals surface area (Å²) in [6, 6.07) is 3.39. The van der Waals surface area contributed by atoms with Gasteiger partial charge in [-0.15, -0.1) is 0 Å². The molecule has 10 heteroatoms. The van der Waals surface area contributed by atoms with Gasteiger partial charge in [-0.1, -0.05) is 0 Å². The maximum Gasteiger partial charge on any atom is 0.300 e. The molecule has 1 aromatic rings. The first-order valence-electron chi connectivity index (χ1n) is 6.62. The maximum absolute atomic E-state index is 11.2. The van der Waals surface area contributed by atoms with Crippen LogP contribution in [-0.4, -0.2) is 25.5 Å². The van der Waals surface area contributed by atoms with Gasteiger partial charge in [-0.25, -0.2) is 5.01 Å². The van der Waals surface area contributed by atoms with Crippen molar-refractivity contribution >= 4 is 34.4 Å². The summed E-state index contributed by atoms with van der Waals surface area (Å²) >= 11 is 5.26. The molecule has 2 rings (SSSR count). The first-order chi connectivity index (χ1) is 10.6. The number of allylic oxidation sites excluding steroid dienone is 1. The van der Waals surface area contributed by atoms with Crippen molar-refractivity contribution in [2.24, 2.45) is 0 Å². The molecule has 1 aromatic carbocycles. The highest BCUT2D eigenvalue weighted by Gasteiger charge is 2.28. The molecule has 0 fully saturated rings. The third kappa shape index (κ3) is 3.54. The summed E-state index contributed by atoms with van der Waals surface area (Å²) in [6.45, 7) is 5.68. The van der Waals surface area contributed by atoms with Gasteiger partial charge in [0.1, 0.15) is 5.69 Å². The van der Waals surface area contributed by atoms with E-state index in [0.29, 0.717) is 5.11 Å². The number of nitrogens with zero attached hydrogens (tertiary/aromatic N) is 3. The number of thiocarbonyl (C=S) groups is 1. The van der Waals surface area contributed by atoms with Crippen LogP contribution in [0.5, 0.6) is 0 Å². The Balaban J connectivity index is 2.38. The largest absolute Gasteiger partial charge is 0.352 e. The van der Waals surface area contributed by atoms with E-state index < -0.39 is 15.5 Å². The van der Waals surface area contributed by atoms with E-state index in [-0.39, 0.29) is 16.9 Å². The molecule has 0 atom stereocenters. The van der Waals surface area contributed by atoms with E-state index >= 15 is 0 Å². The number of nitrogens with one attached hydrogen (secondary N) is 2. The number of hydrogen-bond donors (Lipinski definition) is 2. The van der Waals surface area contributed by atoms with Crippen LogP contribution in [0.15, 0.2) is 30.0 Å². The van der Waals surface area contributed by atoms with Crippen molar-refractivity contribution in [1.82, 2.24) is 10.3 Å². The molecule has 1 aliphatic heterocycles. The number of non-ortho nitro benzene ring substituents is 1. The zero-order valence-corrected chi connectivity index (χ0v) is 13.5. The Labute approximate surface area is 137 Å². The number of benzene rings is 1. The second-order valence-electron chi connectivity index (χ2n) is 5.60. The molecule has 9 nitrogen and oxygen atoms in total. The van der Waals surface area contributed by atoms with E-state index in [4.69, 9.17) is 12.2 Å². The molecule has 0 saturated heterocycles. The van der Waals surface area contributed by atoms with Crippen molar-refractivity contribution in [3.63, 3.8) is 0 Å². The highest BCUT2D eigenvalue weighted by molar-refractivity contribution is 7.80. The number of nitro groups is 2. The van der Waals surface area contributed by atoms with Crippen LogP contribution < -0.4 is 10.7 Å². The summed E-state index contributed by atoms with van der Waals surface area (Å²) < 4.78 is 0. The van der Waals surface area contributed by atoms with Crippen molar-refractivity contribution in [1.29, 1.82) is 0 Å². The number of hydrogen-bond acceptors (Lipinski definition) is 6. The zero-order chi connectivity index (χ0) is 17.4. The fourth-order valence-electron chi connectivity index (χ4n) is 2.25. The lowest BCUT2D eigenvalue weighted by atomic mass is 10.0. The van der Waals surface area contributed by atoms with Crippen molar-refractivity contribution < 1.29 is 9.85 Å². The summed E-state index contributed by atoms with van der Waals surface area (Å²) in [6.07, 6.45) is 1.91. The van der Waals surface area contributed by atoms with Gasteiger partial charge in [0.15, 0.2) is 5.11 Å². The lowest BCUT2D eigenvalue weighted by molar-refractivity contribution is -0.393. The van der Waals surface area contributed by atoms with Gasteiger partial charge in [0.2, 0.25) is 0 Å². The van der Waals surface area contributed by atoms with Crippen LogP contribution in [0.3, 0.4) is 0 Å². The fourth-order valence-corrected chi connectivity index (χ4v) is 2.71. The average Bonchev–Trinajstić information content (AvgIpc) is 2.41. The van der Waals surface area contributed by atoms with Gasteiger partial charge in [0.05, 0.1) is 21.5 Å². The summed E-state index contributed by atoms with van der Waals surface area (Å²) in [5.74, 6) is 0. The minimum absolute atomic E-state index is 0.109. The smallest absolute Gasteiger partial charge is 0.300 e. The minimum Gasteiger partial charge on any atom is -0.352 e. The lowest BCUT2D eigenvalue weighted by Gasteiger charge is -2.38. The first-order valence-corrected chi connectivity index (χ1v) is 7.03.